The highest BCUT2D eigenvalue weighted by Crippen LogP contribution is 2.58. The SMILES string of the molecule is COCOc1c(OC)c(C)cc2c1[C@@H]1C3Cc4c(OC(C)=O)c(C)c5c(c4[C@H](COC(=O)/C=C/c4ccccc4)N3[C@@H](C#N)[C@@H](C2)N1C)OCO5. The Morgan fingerprint density at radius 3 is 2.49 bits per heavy atom. The van der Waals surface area contributed by atoms with Crippen LogP contribution in [0.1, 0.15) is 58.0 Å². The van der Waals surface area contributed by atoms with E-state index in [1.165, 1.54) is 13.0 Å². The molecule has 0 spiro atoms. The Labute approximate surface area is 297 Å². The lowest BCUT2D eigenvalue weighted by atomic mass is 9.71. The number of carbonyl (C=O) groups excluding carboxylic acids is 2. The minimum atomic E-state index is -0.654. The minimum absolute atomic E-state index is 0.0124. The Bertz CT molecular complexity index is 1940. The maximum absolute atomic E-state index is 13.3. The molecule has 0 N–H and O–H groups in total. The summed E-state index contributed by atoms with van der Waals surface area (Å²) in [5, 5.41) is 11.0. The third-order valence-corrected chi connectivity index (χ3v) is 10.4. The molecule has 0 aromatic heterocycles. The van der Waals surface area contributed by atoms with Gasteiger partial charge >= 0.3 is 11.9 Å². The fraction of sp³-hybridized carbons (Fsp3) is 0.410. The Morgan fingerprint density at radius 1 is 1.02 bits per heavy atom. The van der Waals surface area contributed by atoms with Crippen molar-refractivity contribution in [1.82, 2.24) is 9.80 Å². The molecule has 4 aliphatic heterocycles. The van der Waals surface area contributed by atoms with Gasteiger partial charge in [-0.15, -0.1) is 0 Å². The molecule has 5 atom stereocenters. The fourth-order valence-corrected chi connectivity index (χ4v) is 8.45. The van der Waals surface area contributed by atoms with Gasteiger partial charge in [0.15, 0.2) is 29.8 Å². The molecule has 1 unspecified atom stereocenters. The summed E-state index contributed by atoms with van der Waals surface area (Å²) >= 11 is 0. The van der Waals surface area contributed by atoms with Crippen LogP contribution in [0.25, 0.3) is 6.08 Å². The summed E-state index contributed by atoms with van der Waals surface area (Å²) in [7, 11) is 5.22. The first-order chi connectivity index (χ1) is 24.7. The van der Waals surface area contributed by atoms with Crippen molar-refractivity contribution in [2.24, 2.45) is 0 Å². The molecule has 51 heavy (non-hydrogen) atoms. The lowest BCUT2D eigenvalue weighted by molar-refractivity contribution is -0.143. The zero-order valence-electron chi connectivity index (χ0n) is 29.6. The van der Waals surface area contributed by atoms with E-state index in [1.54, 1.807) is 20.3 Å². The summed E-state index contributed by atoms with van der Waals surface area (Å²) in [6.45, 7) is 5.06. The lowest BCUT2D eigenvalue weighted by Crippen LogP contribution is -2.68. The molecule has 7 rings (SSSR count). The lowest BCUT2D eigenvalue weighted by Gasteiger charge is -2.59. The highest BCUT2D eigenvalue weighted by molar-refractivity contribution is 5.87. The molecule has 0 saturated carbocycles. The number of rotatable bonds is 9. The molecule has 2 bridgehead atoms. The van der Waals surface area contributed by atoms with Gasteiger partial charge in [0.2, 0.25) is 6.79 Å². The van der Waals surface area contributed by atoms with Gasteiger partial charge in [-0.05, 0) is 56.5 Å². The summed E-state index contributed by atoms with van der Waals surface area (Å²) in [5.74, 6) is 1.53. The molecule has 1 saturated heterocycles. The van der Waals surface area contributed by atoms with Crippen molar-refractivity contribution in [3.63, 3.8) is 0 Å². The average molecular weight is 696 g/mol. The second-order valence-electron chi connectivity index (χ2n) is 13.2. The topological polar surface area (TPSA) is 129 Å². The Kier molecular flexibility index (Phi) is 9.37. The van der Waals surface area contributed by atoms with E-state index in [1.807, 2.05) is 51.2 Å². The highest BCUT2D eigenvalue weighted by Gasteiger charge is 2.57. The van der Waals surface area contributed by atoms with Gasteiger partial charge in [0.25, 0.3) is 0 Å². The summed E-state index contributed by atoms with van der Waals surface area (Å²) in [6, 6.07) is 12.1. The number of aryl methyl sites for hydroxylation is 1. The van der Waals surface area contributed by atoms with E-state index in [0.29, 0.717) is 52.7 Å². The molecule has 0 radical (unpaired) electrons. The van der Waals surface area contributed by atoms with Gasteiger partial charge in [-0.1, -0.05) is 36.4 Å². The van der Waals surface area contributed by atoms with Gasteiger partial charge < -0.3 is 33.2 Å². The van der Waals surface area contributed by atoms with E-state index in [9.17, 15) is 14.9 Å². The van der Waals surface area contributed by atoms with Crippen LogP contribution in [0.3, 0.4) is 0 Å². The number of benzene rings is 3. The molecule has 3 aromatic rings. The molecule has 1 fully saturated rings. The predicted octanol–water partition coefficient (Wildman–Crippen LogP) is 4.98. The normalized spacial score (nSPS) is 23.1. The second kappa shape index (κ2) is 13.9. The van der Waals surface area contributed by atoms with Crippen LogP contribution in [0, 0.1) is 25.2 Å². The summed E-state index contributed by atoms with van der Waals surface area (Å²) < 4.78 is 41.5. The number of fused-ring (bicyclic) bond motifs is 9. The minimum Gasteiger partial charge on any atom is -0.493 e. The van der Waals surface area contributed by atoms with Crippen molar-refractivity contribution in [3.05, 3.63) is 81.4 Å². The number of nitrogens with zero attached hydrogens (tertiary/aromatic N) is 3. The highest BCUT2D eigenvalue weighted by atomic mass is 16.7. The average Bonchev–Trinajstić information content (AvgIpc) is 3.61. The third kappa shape index (κ3) is 5.85. The van der Waals surface area contributed by atoms with Crippen molar-refractivity contribution in [2.75, 3.05) is 41.5 Å². The van der Waals surface area contributed by atoms with Crippen molar-refractivity contribution >= 4 is 18.0 Å². The first-order valence-corrected chi connectivity index (χ1v) is 16.9. The van der Waals surface area contributed by atoms with Crippen LogP contribution in [-0.2, 0) is 31.9 Å². The van der Waals surface area contributed by atoms with E-state index in [-0.39, 0.29) is 38.3 Å². The quantitative estimate of drug-likeness (QED) is 0.130. The standard InChI is InChI=1S/C39H41N3O9/c1-21-14-25-15-27-29(17-40)42-28(34(41(27)4)32(25)38(35(21)46-6)48-19-45-5)16-26-33(39-37(49-20-50-39)22(2)36(26)51-23(3)43)30(42)18-47-31(44)13-12-24-10-8-7-9-11-24/h7-14,27-30,34H,15-16,18-20H2,1-6H3/b13-12+/t27-,28?,29+,30+,34+/m1/s1. The molecule has 12 nitrogen and oxygen atoms in total. The summed E-state index contributed by atoms with van der Waals surface area (Å²) in [5.41, 5.74) is 5.83. The maximum atomic E-state index is 13.3. The van der Waals surface area contributed by atoms with Gasteiger partial charge in [-0.3, -0.25) is 14.6 Å². The van der Waals surface area contributed by atoms with Gasteiger partial charge in [0, 0.05) is 54.4 Å². The van der Waals surface area contributed by atoms with Crippen molar-refractivity contribution in [2.45, 2.75) is 63.8 Å². The molecule has 4 aliphatic rings. The van der Waals surface area contributed by atoms with E-state index in [0.717, 1.165) is 27.8 Å². The zero-order valence-corrected chi connectivity index (χ0v) is 29.6. The van der Waals surface area contributed by atoms with Crippen LogP contribution in [0.4, 0.5) is 0 Å². The Morgan fingerprint density at radius 2 is 1.78 bits per heavy atom. The number of methoxy groups -OCH3 is 2. The number of esters is 2. The van der Waals surface area contributed by atoms with E-state index < -0.39 is 24.0 Å². The van der Waals surface area contributed by atoms with Crippen molar-refractivity contribution in [1.29, 1.82) is 5.26 Å². The third-order valence-electron chi connectivity index (χ3n) is 10.4. The van der Waals surface area contributed by atoms with Crippen LogP contribution in [-0.4, -0.2) is 81.3 Å². The Balaban J connectivity index is 1.40. The smallest absolute Gasteiger partial charge is 0.330 e. The van der Waals surface area contributed by atoms with Gasteiger partial charge in [-0.2, -0.15) is 5.26 Å². The molecule has 12 heteroatoms. The largest absolute Gasteiger partial charge is 0.493 e. The van der Waals surface area contributed by atoms with E-state index >= 15 is 0 Å². The molecular weight excluding hydrogens is 654 g/mol. The number of ether oxygens (including phenoxy) is 7. The maximum Gasteiger partial charge on any atom is 0.330 e. The molecular formula is C39H41N3O9. The van der Waals surface area contributed by atoms with Crippen LogP contribution in [0.5, 0.6) is 28.7 Å². The summed E-state index contributed by atoms with van der Waals surface area (Å²) in [4.78, 5) is 30.3. The predicted molar refractivity (Wildman–Crippen MR) is 185 cm³/mol. The molecule has 4 heterocycles. The number of piperazine rings is 1. The molecule has 0 amide bonds. The Hall–Kier alpha value is -5.09. The van der Waals surface area contributed by atoms with E-state index in [4.69, 9.17) is 33.2 Å². The first-order valence-electron chi connectivity index (χ1n) is 16.9. The number of hydrogen-bond donors (Lipinski definition) is 0. The van der Waals surface area contributed by atoms with Gasteiger partial charge in [-0.25, -0.2) is 4.79 Å². The van der Waals surface area contributed by atoms with Crippen molar-refractivity contribution in [3.8, 4) is 34.8 Å². The van der Waals surface area contributed by atoms with E-state index in [2.05, 4.69) is 21.9 Å². The number of carbonyl (C=O) groups is 2. The fourth-order valence-electron chi connectivity index (χ4n) is 8.45. The van der Waals surface area contributed by atoms with Crippen LogP contribution in [0.2, 0.25) is 0 Å². The van der Waals surface area contributed by atoms with Crippen LogP contribution >= 0.6 is 0 Å². The molecule has 0 aliphatic carbocycles. The van der Waals surface area contributed by atoms with Crippen molar-refractivity contribution < 1.29 is 42.7 Å². The van der Waals surface area contributed by atoms with Crippen LogP contribution < -0.4 is 23.7 Å². The number of likely N-dealkylation sites (N-methyl/N-ethyl adjacent to an activating group) is 1. The van der Waals surface area contributed by atoms with Gasteiger partial charge in [0.05, 0.1) is 25.3 Å². The first kappa shape index (κ1) is 34.4. The number of hydrogen-bond acceptors (Lipinski definition) is 12. The molecule has 3 aromatic carbocycles. The molecule has 266 valence electrons. The summed E-state index contributed by atoms with van der Waals surface area (Å²) in [6.07, 6.45) is 4.04. The second-order valence-corrected chi connectivity index (χ2v) is 13.2. The zero-order chi connectivity index (χ0) is 36.0. The monoisotopic (exact) mass is 695 g/mol. The van der Waals surface area contributed by atoms with Crippen LogP contribution in [0.15, 0.2) is 42.5 Å². The van der Waals surface area contributed by atoms with Gasteiger partial charge in [0.1, 0.15) is 18.4 Å². The number of nitriles is 1.